The zero-order chi connectivity index (χ0) is 22.4. The lowest BCUT2D eigenvalue weighted by atomic mass is 9.97. The molecule has 1 aliphatic rings. The summed E-state index contributed by atoms with van der Waals surface area (Å²) in [7, 11) is -3.45. The Bertz CT molecular complexity index is 1130. The van der Waals surface area contributed by atoms with Crippen LogP contribution in [-0.2, 0) is 28.0 Å². The van der Waals surface area contributed by atoms with Crippen LogP contribution >= 0.6 is 11.3 Å². The van der Waals surface area contributed by atoms with Crippen molar-refractivity contribution in [2.45, 2.75) is 30.2 Å². The van der Waals surface area contributed by atoms with Gasteiger partial charge in [0.1, 0.15) is 16.6 Å². The molecule has 0 saturated carbocycles. The summed E-state index contributed by atoms with van der Waals surface area (Å²) in [5.41, 5.74) is 1.79. The van der Waals surface area contributed by atoms with Gasteiger partial charge in [-0.3, -0.25) is 9.78 Å². The van der Waals surface area contributed by atoms with Crippen LogP contribution in [-0.4, -0.2) is 36.7 Å². The number of thiophene rings is 1. The fraction of sp³-hybridized carbons (Fsp3) is 0.304. The molecule has 0 aliphatic carbocycles. The summed E-state index contributed by atoms with van der Waals surface area (Å²) in [6, 6.07) is 16.6. The summed E-state index contributed by atoms with van der Waals surface area (Å²) in [6.45, 7) is 1.49. The number of nitrogens with one attached hydrogen (secondary N) is 1. The quantitative estimate of drug-likeness (QED) is 0.544. The molecule has 0 bridgehead atoms. The lowest BCUT2D eigenvalue weighted by Gasteiger charge is -2.30. The maximum absolute atomic E-state index is 12.6. The number of carbonyl (C=O) groups excluding carboxylic acids is 1. The second kappa shape index (κ2) is 10.2. The van der Waals surface area contributed by atoms with Crippen LogP contribution in [0, 0.1) is 5.92 Å². The summed E-state index contributed by atoms with van der Waals surface area (Å²) >= 11 is 1.22. The summed E-state index contributed by atoms with van der Waals surface area (Å²) in [6.07, 6.45) is 2.76. The van der Waals surface area contributed by atoms with Crippen LogP contribution in [0.15, 0.2) is 70.4 Å². The van der Waals surface area contributed by atoms with E-state index in [1.54, 1.807) is 23.7 Å². The van der Waals surface area contributed by atoms with Crippen molar-refractivity contribution in [1.29, 1.82) is 0 Å². The molecule has 2 aromatic heterocycles. The molecule has 1 aliphatic heterocycles. The topological polar surface area (TPSA) is 88.6 Å². The van der Waals surface area contributed by atoms with E-state index in [0.717, 1.165) is 17.0 Å². The van der Waals surface area contributed by atoms with Gasteiger partial charge in [-0.1, -0.05) is 24.3 Å². The molecule has 7 nitrogen and oxygen atoms in total. The number of hydrogen-bond donors (Lipinski definition) is 1. The van der Waals surface area contributed by atoms with Crippen molar-refractivity contribution in [3.8, 4) is 5.75 Å². The van der Waals surface area contributed by atoms with Gasteiger partial charge in [-0.05, 0) is 54.1 Å². The molecule has 1 amide bonds. The fourth-order valence-electron chi connectivity index (χ4n) is 3.62. The largest absolute Gasteiger partial charge is 0.487 e. The van der Waals surface area contributed by atoms with Crippen molar-refractivity contribution in [3.05, 3.63) is 77.4 Å². The van der Waals surface area contributed by atoms with Crippen molar-refractivity contribution in [1.82, 2.24) is 14.6 Å². The summed E-state index contributed by atoms with van der Waals surface area (Å²) in [5.74, 6) is 0.487. The first-order valence-corrected chi connectivity index (χ1v) is 12.8. The van der Waals surface area contributed by atoms with E-state index in [4.69, 9.17) is 4.74 Å². The highest BCUT2D eigenvalue weighted by atomic mass is 32.2. The molecule has 1 N–H and O–H groups in total. The van der Waals surface area contributed by atoms with E-state index < -0.39 is 10.0 Å². The van der Waals surface area contributed by atoms with Crippen molar-refractivity contribution >= 4 is 27.3 Å². The molecule has 0 unspecified atom stereocenters. The minimum absolute atomic E-state index is 0.0435. The number of ether oxygens (including phenoxy) is 1. The number of aromatic nitrogens is 1. The predicted octanol–water partition coefficient (Wildman–Crippen LogP) is 3.44. The molecule has 9 heteroatoms. The van der Waals surface area contributed by atoms with Crippen LogP contribution in [0.1, 0.15) is 24.1 Å². The summed E-state index contributed by atoms with van der Waals surface area (Å²) in [4.78, 5) is 16.9. The summed E-state index contributed by atoms with van der Waals surface area (Å²) < 4.78 is 32.9. The van der Waals surface area contributed by atoms with Crippen LogP contribution < -0.4 is 10.1 Å². The van der Waals surface area contributed by atoms with Gasteiger partial charge in [-0.15, -0.1) is 11.3 Å². The van der Waals surface area contributed by atoms with E-state index in [2.05, 4.69) is 10.3 Å². The Morgan fingerprint density at radius 1 is 1.12 bits per heavy atom. The van der Waals surface area contributed by atoms with Gasteiger partial charge in [0.2, 0.25) is 5.91 Å². The lowest BCUT2D eigenvalue weighted by molar-refractivity contribution is -0.126. The molecule has 168 valence electrons. The average molecular weight is 472 g/mol. The van der Waals surface area contributed by atoms with Crippen LogP contribution in [0.5, 0.6) is 5.75 Å². The van der Waals surface area contributed by atoms with E-state index in [0.29, 0.717) is 43.3 Å². The highest BCUT2D eigenvalue weighted by Gasteiger charge is 2.32. The Morgan fingerprint density at radius 3 is 2.69 bits per heavy atom. The first kappa shape index (κ1) is 22.4. The van der Waals surface area contributed by atoms with Gasteiger partial charge in [-0.2, -0.15) is 4.31 Å². The van der Waals surface area contributed by atoms with Crippen LogP contribution in [0.4, 0.5) is 0 Å². The number of nitrogens with zero attached hydrogens (tertiary/aromatic N) is 2. The van der Waals surface area contributed by atoms with Gasteiger partial charge in [-0.25, -0.2) is 8.42 Å². The molecule has 3 aromatic rings. The first-order valence-electron chi connectivity index (χ1n) is 10.5. The van der Waals surface area contributed by atoms with Gasteiger partial charge in [0.05, 0.1) is 5.69 Å². The molecule has 0 atom stereocenters. The Kier molecular flexibility index (Phi) is 7.19. The molecule has 1 saturated heterocycles. The number of hydrogen-bond acceptors (Lipinski definition) is 6. The van der Waals surface area contributed by atoms with Crippen molar-refractivity contribution in [3.63, 3.8) is 0 Å². The number of sulfonamides is 1. The second-order valence-electron chi connectivity index (χ2n) is 7.59. The van der Waals surface area contributed by atoms with Crippen molar-refractivity contribution in [2.24, 2.45) is 5.92 Å². The fourth-order valence-corrected chi connectivity index (χ4v) is 6.23. The minimum atomic E-state index is -3.45. The third-order valence-electron chi connectivity index (χ3n) is 5.39. The zero-order valence-corrected chi connectivity index (χ0v) is 19.1. The third-order valence-corrected chi connectivity index (χ3v) is 8.66. The van der Waals surface area contributed by atoms with Crippen LogP contribution in [0.2, 0.25) is 0 Å². The van der Waals surface area contributed by atoms with Gasteiger partial charge in [0.25, 0.3) is 10.0 Å². The second-order valence-corrected chi connectivity index (χ2v) is 10.7. The Morgan fingerprint density at radius 2 is 1.97 bits per heavy atom. The van der Waals surface area contributed by atoms with Gasteiger partial charge < -0.3 is 10.1 Å². The molecular weight excluding hydrogens is 446 g/mol. The number of rotatable bonds is 8. The molecule has 3 heterocycles. The highest BCUT2D eigenvalue weighted by molar-refractivity contribution is 7.91. The maximum atomic E-state index is 12.6. The average Bonchev–Trinajstić information content (AvgIpc) is 3.38. The Labute approximate surface area is 192 Å². The molecular formula is C23H25N3O4S2. The number of piperidine rings is 1. The zero-order valence-electron chi connectivity index (χ0n) is 17.5. The Balaban J connectivity index is 1.25. The maximum Gasteiger partial charge on any atom is 0.252 e. The molecule has 1 aromatic carbocycles. The van der Waals surface area contributed by atoms with E-state index in [9.17, 15) is 13.2 Å². The predicted molar refractivity (Wildman–Crippen MR) is 123 cm³/mol. The van der Waals surface area contributed by atoms with Crippen LogP contribution in [0.25, 0.3) is 0 Å². The number of pyridine rings is 1. The van der Waals surface area contributed by atoms with E-state index in [1.165, 1.54) is 15.6 Å². The smallest absolute Gasteiger partial charge is 0.252 e. The SMILES string of the molecule is O=C(NCc1cccc(OCc2ccccn2)c1)C1CCN(S(=O)(=O)c2cccs2)CC1. The van der Waals surface area contributed by atoms with Crippen molar-refractivity contribution < 1.29 is 17.9 Å². The van der Waals surface area contributed by atoms with Crippen molar-refractivity contribution in [2.75, 3.05) is 13.1 Å². The van der Waals surface area contributed by atoms with Gasteiger partial charge in [0.15, 0.2) is 0 Å². The van der Waals surface area contributed by atoms with Gasteiger partial charge >= 0.3 is 0 Å². The molecule has 0 radical (unpaired) electrons. The number of amides is 1. The highest BCUT2D eigenvalue weighted by Crippen LogP contribution is 2.26. The normalized spacial score (nSPS) is 15.4. The molecule has 4 rings (SSSR count). The molecule has 32 heavy (non-hydrogen) atoms. The number of benzene rings is 1. The summed E-state index contributed by atoms with van der Waals surface area (Å²) in [5, 5.41) is 4.73. The van der Waals surface area contributed by atoms with Gasteiger partial charge in [0, 0.05) is 31.7 Å². The van der Waals surface area contributed by atoms with E-state index in [1.807, 2.05) is 42.5 Å². The lowest BCUT2D eigenvalue weighted by Crippen LogP contribution is -2.42. The van der Waals surface area contributed by atoms with E-state index in [-0.39, 0.29) is 11.8 Å². The minimum Gasteiger partial charge on any atom is -0.487 e. The number of carbonyl (C=O) groups is 1. The molecule has 1 fully saturated rings. The standard InChI is InChI=1S/C23H25N3O4S2/c27-23(19-9-12-26(13-10-19)32(28,29)22-8-4-14-31-22)25-16-18-5-3-7-21(15-18)30-17-20-6-1-2-11-24-20/h1-8,11,14-15,19H,9-10,12-13,16-17H2,(H,25,27). The van der Waals surface area contributed by atoms with Crippen LogP contribution in [0.3, 0.4) is 0 Å². The first-order chi connectivity index (χ1) is 15.5. The third kappa shape index (κ3) is 5.53. The monoisotopic (exact) mass is 471 g/mol. The molecule has 0 spiro atoms. The Hall–Kier alpha value is -2.75. The van der Waals surface area contributed by atoms with E-state index >= 15 is 0 Å².